The smallest absolute Gasteiger partial charge is 0.123 e. The van der Waals surface area contributed by atoms with Crippen molar-refractivity contribution in [3.63, 3.8) is 0 Å². The Morgan fingerprint density at radius 3 is 2.47 bits per heavy atom. The molecule has 17 heavy (non-hydrogen) atoms. The van der Waals surface area contributed by atoms with Crippen LogP contribution in [0.25, 0.3) is 0 Å². The van der Waals surface area contributed by atoms with Crippen LogP contribution in [-0.4, -0.2) is 7.05 Å². The fourth-order valence-corrected chi connectivity index (χ4v) is 2.88. The van der Waals surface area contributed by atoms with Crippen LogP contribution in [0.15, 0.2) is 36.4 Å². The average Bonchev–Trinajstić information content (AvgIpc) is 2.73. The number of halogens is 2. The Kier molecular flexibility index (Phi) is 4.15. The normalized spacial score (nSPS) is 12.6. The molecular formula is C13H13ClFNS. The average molecular weight is 270 g/mol. The van der Waals surface area contributed by atoms with Crippen LogP contribution in [0.2, 0.25) is 4.34 Å². The molecule has 0 radical (unpaired) electrons. The maximum atomic E-state index is 12.8. The van der Waals surface area contributed by atoms with Gasteiger partial charge in [0.1, 0.15) is 5.82 Å². The molecule has 90 valence electrons. The summed E-state index contributed by atoms with van der Waals surface area (Å²) >= 11 is 7.48. The van der Waals surface area contributed by atoms with Crippen LogP contribution in [-0.2, 0) is 6.42 Å². The van der Waals surface area contributed by atoms with Crippen molar-refractivity contribution in [3.05, 3.63) is 57.0 Å². The lowest BCUT2D eigenvalue weighted by Gasteiger charge is -2.15. The lowest BCUT2D eigenvalue weighted by molar-refractivity contribution is 0.589. The molecule has 0 aliphatic heterocycles. The second kappa shape index (κ2) is 5.63. The molecule has 2 rings (SSSR count). The quantitative estimate of drug-likeness (QED) is 0.883. The number of nitrogens with one attached hydrogen (secondary N) is 1. The SMILES string of the molecule is CNC(Cc1ccc(Cl)s1)c1ccc(F)cc1. The maximum Gasteiger partial charge on any atom is 0.123 e. The Bertz CT molecular complexity index is 480. The molecule has 0 saturated heterocycles. The topological polar surface area (TPSA) is 12.0 Å². The zero-order chi connectivity index (χ0) is 12.3. The number of hydrogen-bond donors (Lipinski definition) is 1. The van der Waals surface area contributed by atoms with Crippen molar-refractivity contribution in [2.75, 3.05) is 7.05 Å². The third-order valence-corrected chi connectivity index (χ3v) is 3.91. The summed E-state index contributed by atoms with van der Waals surface area (Å²) in [6.45, 7) is 0. The molecule has 1 aromatic heterocycles. The van der Waals surface area contributed by atoms with Gasteiger partial charge in [0.25, 0.3) is 0 Å². The maximum absolute atomic E-state index is 12.8. The van der Waals surface area contributed by atoms with E-state index in [0.717, 1.165) is 16.3 Å². The van der Waals surface area contributed by atoms with Gasteiger partial charge in [-0.25, -0.2) is 4.39 Å². The molecule has 0 aliphatic carbocycles. The molecule has 0 spiro atoms. The van der Waals surface area contributed by atoms with Gasteiger partial charge in [-0.05, 0) is 36.9 Å². The lowest BCUT2D eigenvalue weighted by atomic mass is 10.0. The van der Waals surface area contributed by atoms with Gasteiger partial charge >= 0.3 is 0 Å². The summed E-state index contributed by atoms with van der Waals surface area (Å²) in [5.41, 5.74) is 1.08. The van der Waals surface area contributed by atoms with E-state index in [1.165, 1.54) is 17.0 Å². The van der Waals surface area contributed by atoms with Gasteiger partial charge in [0.05, 0.1) is 4.34 Å². The molecule has 0 aliphatic rings. The Labute approximate surface area is 109 Å². The molecule has 2 aromatic rings. The standard InChI is InChI=1S/C13H13ClFNS/c1-16-12(8-11-6-7-13(14)17-11)9-2-4-10(15)5-3-9/h2-7,12,16H,8H2,1H3. The minimum Gasteiger partial charge on any atom is -0.313 e. The van der Waals surface area contributed by atoms with Gasteiger partial charge in [0, 0.05) is 17.3 Å². The molecular weight excluding hydrogens is 257 g/mol. The first-order valence-electron chi connectivity index (χ1n) is 5.36. The summed E-state index contributed by atoms with van der Waals surface area (Å²) in [7, 11) is 1.91. The van der Waals surface area contributed by atoms with Crippen LogP contribution in [0.4, 0.5) is 4.39 Å². The van der Waals surface area contributed by atoms with Crippen molar-refractivity contribution in [2.24, 2.45) is 0 Å². The van der Waals surface area contributed by atoms with Crippen LogP contribution in [0.1, 0.15) is 16.5 Å². The first-order valence-corrected chi connectivity index (χ1v) is 6.55. The van der Waals surface area contributed by atoms with Gasteiger partial charge < -0.3 is 5.32 Å². The van der Waals surface area contributed by atoms with E-state index in [1.54, 1.807) is 11.3 Å². The predicted molar refractivity (Wildman–Crippen MR) is 71.2 cm³/mol. The molecule has 1 nitrogen and oxygen atoms in total. The minimum atomic E-state index is -0.206. The van der Waals surface area contributed by atoms with E-state index in [1.807, 2.05) is 31.3 Å². The van der Waals surface area contributed by atoms with E-state index >= 15 is 0 Å². The molecule has 1 heterocycles. The van der Waals surface area contributed by atoms with Crippen molar-refractivity contribution in [1.29, 1.82) is 0 Å². The Morgan fingerprint density at radius 2 is 1.94 bits per heavy atom. The van der Waals surface area contributed by atoms with Gasteiger partial charge in [-0.2, -0.15) is 0 Å². The van der Waals surface area contributed by atoms with Crippen LogP contribution in [0.5, 0.6) is 0 Å². The van der Waals surface area contributed by atoms with Crippen LogP contribution >= 0.6 is 22.9 Å². The second-order valence-electron chi connectivity index (χ2n) is 3.80. The van der Waals surface area contributed by atoms with E-state index in [9.17, 15) is 4.39 Å². The van der Waals surface area contributed by atoms with Crippen molar-refractivity contribution in [1.82, 2.24) is 5.32 Å². The molecule has 0 saturated carbocycles. The monoisotopic (exact) mass is 269 g/mol. The van der Waals surface area contributed by atoms with Gasteiger partial charge in [0.2, 0.25) is 0 Å². The number of likely N-dealkylation sites (N-methyl/N-ethyl adjacent to an activating group) is 1. The highest BCUT2D eigenvalue weighted by atomic mass is 35.5. The van der Waals surface area contributed by atoms with E-state index in [2.05, 4.69) is 5.32 Å². The van der Waals surface area contributed by atoms with Crippen LogP contribution < -0.4 is 5.32 Å². The molecule has 1 atom stereocenters. The molecule has 0 amide bonds. The molecule has 1 N–H and O–H groups in total. The van der Waals surface area contributed by atoms with Crippen molar-refractivity contribution in [3.8, 4) is 0 Å². The Hall–Kier alpha value is -0.900. The van der Waals surface area contributed by atoms with Gasteiger partial charge in [-0.15, -0.1) is 11.3 Å². The Balaban J connectivity index is 2.13. The molecule has 1 unspecified atom stereocenters. The van der Waals surface area contributed by atoms with Crippen molar-refractivity contribution >= 4 is 22.9 Å². The fraction of sp³-hybridized carbons (Fsp3) is 0.231. The summed E-state index contributed by atoms with van der Waals surface area (Å²) < 4.78 is 13.6. The number of benzene rings is 1. The van der Waals surface area contributed by atoms with E-state index < -0.39 is 0 Å². The zero-order valence-corrected chi connectivity index (χ0v) is 11.0. The third kappa shape index (κ3) is 3.28. The highest BCUT2D eigenvalue weighted by Gasteiger charge is 2.11. The summed E-state index contributed by atoms with van der Waals surface area (Å²) in [6, 6.07) is 10.7. The van der Waals surface area contributed by atoms with Crippen molar-refractivity contribution in [2.45, 2.75) is 12.5 Å². The van der Waals surface area contributed by atoms with E-state index in [-0.39, 0.29) is 11.9 Å². The molecule has 0 bridgehead atoms. The highest BCUT2D eigenvalue weighted by Crippen LogP contribution is 2.26. The minimum absolute atomic E-state index is 0.185. The Morgan fingerprint density at radius 1 is 1.24 bits per heavy atom. The summed E-state index contributed by atoms with van der Waals surface area (Å²) in [4.78, 5) is 1.22. The summed E-state index contributed by atoms with van der Waals surface area (Å²) in [5, 5.41) is 3.24. The number of hydrogen-bond acceptors (Lipinski definition) is 2. The lowest BCUT2D eigenvalue weighted by Crippen LogP contribution is -2.18. The zero-order valence-electron chi connectivity index (χ0n) is 9.41. The van der Waals surface area contributed by atoms with Gasteiger partial charge in [-0.3, -0.25) is 0 Å². The molecule has 1 aromatic carbocycles. The summed E-state index contributed by atoms with van der Waals surface area (Å²) in [6.07, 6.45) is 0.861. The fourth-order valence-electron chi connectivity index (χ4n) is 1.74. The third-order valence-electron chi connectivity index (χ3n) is 2.66. The number of rotatable bonds is 4. The van der Waals surface area contributed by atoms with E-state index in [0.29, 0.717) is 0 Å². The second-order valence-corrected chi connectivity index (χ2v) is 5.60. The van der Waals surface area contributed by atoms with E-state index in [4.69, 9.17) is 11.6 Å². The highest BCUT2D eigenvalue weighted by molar-refractivity contribution is 7.16. The van der Waals surface area contributed by atoms with Crippen molar-refractivity contribution < 1.29 is 4.39 Å². The van der Waals surface area contributed by atoms with Crippen LogP contribution in [0.3, 0.4) is 0 Å². The molecule has 0 fully saturated rings. The largest absolute Gasteiger partial charge is 0.313 e. The van der Waals surface area contributed by atoms with Crippen LogP contribution in [0, 0.1) is 5.82 Å². The van der Waals surface area contributed by atoms with Gasteiger partial charge in [0.15, 0.2) is 0 Å². The predicted octanol–water partition coefficient (Wildman–Crippen LogP) is 4.04. The number of thiophene rings is 1. The first-order chi connectivity index (χ1) is 8.19. The first kappa shape index (κ1) is 12.6. The molecule has 4 heteroatoms. The van der Waals surface area contributed by atoms with Gasteiger partial charge in [-0.1, -0.05) is 23.7 Å². The summed E-state index contributed by atoms with van der Waals surface area (Å²) in [5.74, 6) is -0.206.